The minimum Gasteiger partial charge on any atom is -0.494 e. The van der Waals surface area contributed by atoms with Gasteiger partial charge < -0.3 is 19.9 Å². The van der Waals surface area contributed by atoms with Crippen LogP contribution >= 0.6 is 0 Å². The van der Waals surface area contributed by atoms with Crippen LogP contribution in [-0.4, -0.2) is 69.8 Å². The lowest BCUT2D eigenvalue weighted by molar-refractivity contribution is -0.126. The van der Waals surface area contributed by atoms with E-state index in [0.717, 1.165) is 0 Å². The number of ether oxygens (including phenoxy) is 1. The van der Waals surface area contributed by atoms with Crippen LogP contribution in [0.2, 0.25) is 0 Å². The number of carbonyl (C=O) groups excluding carboxylic acids is 2. The number of aromatic amines is 1. The number of methoxy groups -OCH3 is 1. The second kappa shape index (κ2) is 7.12. The van der Waals surface area contributed by atoms with Gasteiger partial charge in [0.2, 0.25) is 0 Å². The molecule has 1 amide bonds. The van der Waals surface area contributed by atoms with E-state index in [1.165, 1.54) is 19.5 Å². The highest BCUT2D eigenvalue weighted by Gasteiger charge is 2.28. The molecule has 3 aromatic heterocycles. The molecule has 1 aliphatic rings. The fraction of sp³-hybridized carbons (Fsp3) is 0.278. The highest BCUT2D eigenvalue weighted by atomic mass is 16.5. The number of pyridine rings is 1. The normalized spacial score (nSPS) is 14.3. The van der Waals surface area contributed by atoms with E-state index in [0.29, 0.717) is 54.2 Å². The molecular formula is C18H18N6O3. The Hall–Kier alpha value is -3.33. The van der Waals surface area contributed by atoms with Gasteiger partial charge in [-0.2, -0.15) is 0 Å². The SMILES string of the molecule is COc1cnc(-c2cnccn2)c2[nH]cc(C(=O)C(=O)N3CCNCC3)c12. The molecule has 1 aliphatic heterocycles. The first kappa shape index (κ1) is 17.1. The molecule has 9 heteroatoms. The standard InChI is InChI=1S/C18H18N6O3/c1-27-13-10-23-15(12-9-20-2-3-21-12)16-14(13)11(8-22-16)17(25)18(26)24-6-4-19-5-7-24/h2-3,8-10,19,22H,4-7H2,1H3. The summed E-state index contributed by atoms with van der Waals surface area (Å²) in [5.41, 5.74) is 1.93. The number of nitrogens with one attached hydrogen (secondary N) is 2. The molecule has 0 aromatic carbocycles. The van der Waals surface area contributed by atoms with Crippen LogP contribution < -0.4 is 10.1 Å². The minimum atomic E-state index is -0.572. The number of carbonyl (C=O) groups is 2. The molecule has 0 bridgehead atoms. The van der Waals surface area contributed by atoms with Gasteiger partial charge >= 0.3 is 0 Å². The van der Waals surface area contributed by atoms with Crippen LogP contribution in [0.15, 0.2) is 31.0 Å². The molecule has 9 nitrogen and oxygen atoms in total. The lowest BCUT2D eigenvalue weighted by Crippen LogP contribution is -2.48. The van der Waals surface area contributed by atoms with Gasteiger partial charge in [0.25, 0.3) is 11.7 Å². The van der Waals surface area contributed by atoms with Crippen LogP contribution in [0.1, 0.15) is 10.4 Å². The number of hydrogen-bond acceptors (Lipinski definition) is 7. The van der Waals surface area contributed by atoms with E-state index in [1.807, 2.05) is 0 Å². The molecule has 4 rings (SSSR count). The van der Waals surface area contributed by atoms with E-state index in [4.69, 9.17) is 4.74 Å². The molecule has 27 heavy (non-hydrogen) atoms. The average molecular weight is 366 g/mol. The lowest BCUT2D eigenvalue weighted by atomic mass is 10.1. The fourth-order valence-corrected chi connectivity index (χ4v) is 3.19. The summed E-state index contributed by atoms with van der Waals surface area (Å²) >= 11 is 0. The van der Waals surface area contributed by atoms with Gasteiger partial charge in [-0.15, -0.1) is 0 Å². The predicted octanol–water partition coefficient (Wildman–Crippen LogP) is 0.643. The van der Waals surface area contributed by atoms with Crippen LogP contribution in [-0.2, 0) is 4.79 Å². The maximum Gasteiger partial charge on any atom is 0.295 e. The predicted molar refractivity (Wildman–Crippen MR) is 97.5 cm³/mol. The first-order valence-corrected chi connectivity index (χ1v) is 8.55. The molecule has 0 spiro atoms. The van der Waals surface area contributed by atoms with Crippen molar-refractivity contribution < 1.29 is 14.3 Å². The molecule has 0 saturated carbocycles. The van der Waals surface area contributed by atoms with Gasteiger partial charge in [-0.1, -0.05) is 0 Å². The number of ketones is 1. The van der Waals surface area contributed by atoms with Crippen molar-refractivity contribution in [2.75, 3.05) is 33.3 Å². The molecule has 1 saturated heterocycles. The number of fused-ring (bicyclic) bond motifs is 1. The number of hydrogen-bond donors (Lipinski definition) is 2. The molecule has 4 heterocycles. The summed E-state index contributed by atoms with van der Waals surface area (Å²) in [5, 5.41) is 3.68. The zero-order valence-corrected chi connectivity index (χ0v) is 14.7. The minimum absolute atomic E-state index is 0.262. The molecule has 0 atom stereocenters. The van der Waals surface area contributed by atoms with Crippen molar-refractivity contribution in [2.45, 2.75) is 0 Å². The van der Waals surface area contributed by atoms with Gasteiger partial charge in [0.15, 0.2) is 0 Å². The zero-order chi connectivity index (χ0) is 18.8. The van der Waals surface area contributed by atoms with E-state index in [2.05, 4.69) is 25.3 Å². The summed E-state index contributed by atoms with van der Waals surface area (Å²) in [6, 6.07) is 0. The highest BCUT2D eigenvalue weighted by Crippen LogP contribution is 2.33. The van der Waals surface area contributed by atoms with E-state index in [1.54, 1.807) is 23.5 Å². The molecule has 3 aromatic rings. The summed E-state index contributed by atoms with van der Waals surface area (Å²) in [6.07, 6.45) is 7.77. The van der Waals surface area contributed by atoms with Crippen LogP contribution in [0.4, 0.5) is 0 Å². The number of H-pyrrole nitrogens is 1. The van der Waals surface area contributed by atoms with Crippen molar-refractivity contribution in [3.63, 3.8) is 0 Å². The summed E-state index contributed by atoms with van der Waals surface area (Å²) in [6.45, 7) is 2.38. The third-order valence-electron chi connectivity index (χ3n) is 4.54. The van der Waals surface area contributed by atoms with E-state index in [-0.39, 0.29) is 5.56 Å². The smallest absolute Gasteiger partial charge is 0.295 e. The number of piperazine rings is 1. The average Bonchev–Trinajstić information content (AvgIpc) is 3.18. The van der Waals surface area contributed by atoms with Gasteiger partial charge in [-0.05, 0) is 0 Å². The number of Topliss-reactive ketones (excluding diaryl/α,β-unsaturated/α-hetero) is 1. The second-order valence-electron chi connectivity index (χ2n) is 6.09. The molecule has 2 N–H and O–H groups in total. The van der Waals surface area contributed by atoms with E-state index >= 15 is 0 Å². The summed E-state index contributed by atoms with van der Waals surface area (Å²) < 4.78 is 5.39. The number of nitrogens with zero attached hydrogens (tertiary/aromatic N) is 4. The molecule has 0 unspecified atom stereocenters. The zero-order valence-electron chi connectivity index (χ0n) is 14.7. The van der Waals surface area contributed by atoms with Crippen LogP contribution in [0, 0.1) is 0 Å². The largest absolute Gasteiger partial charge is 0.494 e. The quantitative estimate of drug-likeness (QED) is 0.515. The van der Waals surface area contributed by atoms with Gasteiger partial charge in [0.05, 0.1) is 36.0 Å². The van der Waals surface area contributed by atoms with Gasteiger partial charge in [0, 0.05) is 44.8 Å². The summed E-state index contributed by atoms with van der Waals surface area (Å²) in [4.78, 5) is 42.9. The Morgan fingerprint density at radius 1 is 1.15 bits per heavy atom. The van der Waals surface area contributed by atoms with Crippen molar-refractivity contribution in [3.05, 3.63) is 36.5 Å². The maximum atomic E-state index is 12.9. The Balaban J connectivity index is 1.80. The first-order valence-electron chi connectivity index (χ1n) is 8.55. The van der Waals surface area contributed by atoms with Gasteiger partial charge in [-0.25, -0.2) is 4.98 Å². The Kier molecular flexibility index (Phi) is 4.51. The first-order chi connectivity index (χ1) is 13.2. The Morgan fingerprint density at radius 3 is 2.67 bits per heavy atom. The van der Waals surface area contributed by atoms with E-state index in [9.17, 15) is 9.59 Å². The Labute approximate surface area is 154 Å². The molecule has 0 aliphatic carbocycles. The number of rotatable bonds is 4. The Morgan fingerprint density at radius 2 is 1.96 bits per heavy atom. The lowest BCUT2D eigenvalue weighted by Gasteiger charge is -2.26. The highest BCUT2D eigenvalue weighted by molar-refractivity contribution is 6.45. The van der Waals surface area contributed by atoms with Crippen molar-refractivity contribution in [3.8, 4) is 17.1 Å². The monoisotopic (exact) mass is 366 g/mol. The molecular weight excluding hydrogens is 348 g/mol. The maximum absolute atomic E-state index is 12.9. The van der Waals surface area contributed by atoms with E-state index < -0.39 is 11.7 Å². The number of amides is 1. The number of aromatic nitrogens is 4. The third kappa shape index (κ3) is 3.02. The van der Waals surface area contributed by atoms with Crippen LogP contribution in [0.25, 0.3) is 22.3 Å². The van der Waals surface area contributed by atoms with Crippen molar-refractivity contribution in [1.29, 1.82) is 0 Å². The van der Waals surface area contributed by atoms with Crippen LogP contribution in [0.3, 0.4) is 0 Å². The van der Waals surface area contributed by atoms with Gasteiger partial charge in [-0.3, -0.25) is 19.6 Å². The van der Waals surface area contributed by atoms with Gasteiger partial charge in [0.1, 0.15) is 17.1 Å². The second-order valence-corrected chi connectivity index (χ2v) is 6.09. The molecule has 138 valence electrons. The fourth-order valence-electron chi connectivity index (χ4n) is 3.19. The van der Waals surface area contributed by atoms with Crippen LogP contribution in [0.5, 0.6) is 5.75 Å². The van der Waals surface area contributed by atoms with Crippen molar-refractivity contribution >= 4 is 22.6 Å². The van der Waals surface area contributed by atoms with Crippen molar-refractivity contribution in [2.24, 2.45) is 0 Å². The topological polar surface area (TPSA) is 113 Å². The summed E-state index contributed by atoms with van der Waals surface area (Å²) in [7, 11) is 1.50. The Bertz CT molecular complexity index is 995. The molecule has 1 fully saturated rings. The summed E-state index contributed by atoms with van der Waals surface area (Å²) in [5.74, 6) is -0.676. The third-order valence-corrected chi connectivity index (χ3v) is 4.54. The van der Waals surface area contributed by atoms with Crippen molar-refractivity contribution in [1.82, 2.24) is 30.2 Å². The molecule has 0 radical (unpaired) electrons.